The molecular weight excluding hydrogens is 508 g/mol. The molecule has 0 amide bonds. The third-order valence-corrected chi connectivity index (χ3v) is 6.99. The predicted molar refractivity (Wildman–Crippen MR) is 146 cm³/mol. The van der Waals surface area contributed by atoms with Gasteiger partial charge in [-0.1, -0.05) is 90.9 Å². The Morgan fingerprint density at radius 2 is 1.21 bits per heavy atom. The molecule has 1 rings (SSSR count). The van der Waals surface area contributed by atoms with Gasteiger partial charge in [0.05, 0.1) is 13.2 Å². The number of unbranched alkanes of at least 4 members (excludes halogenated alkanes) is 12. The summed E-state index contributed by atoms with van der Waals surface area (Å²) in [5.74, 6) is -0.824. The zero-order valence-corrected chi connectivity index (χ0v) is 24.1. The third-order valence-electron chi connectivity index (χ3n) is 6.99. The summed E-state index contributed by atoms with van der Waals surface area (Å²) in [5, 5.41) is 39.5. The Balaban J connectivity index is 2.48. The van der Waals surface area contributed by atoms with E-state index in [1.165, 1.54) is 38.5 Å². The minimum atomic E-state index is -1.58. The molecule has 0 aromatic carbocycles. The molecule has 230 valence electrons. The van der Waals surface area contributed by atoms with Crippen molar-refractivity contribution in [3.05, 3.63) is 0 Å². The van der Waals surface area contributed by atoms with Gasteiger partial charge in [-0.15, -0.1) is 0 Å². The van der Waals surface area contributed by atoms with Crippen LogP contribution < -0.4 is 0 Å². The van der Waals surface area contributed by atoms with Crippen LogP contribution in [0.25, 0.3) is 0 Å². The Morgan fingerprint density at radius 1 is 0.692 bits per heavy atom. The van der Waals surface area contributed by atoms with Crippen molar-refractivity contribution in [1.29, 1.82) is 0 Å². The van der Waals surface area contributed by atoms with E-state index in [1.54, 1.807) is 0 Å². The van der Waals surface area contributed by atoms with Crippen molar-refractivity contribution in [2.75, 3.05) is 19.8 Å². The zero-order chi connectivity index (χ0) is 28.9. The van der Waals surface area contributed by atoms with Crippen LogP contribution in [0.5, 0.6) is 0 Å². The minimum absolute atomic E-state index is 0.213. The van der Waals surface area contributed by atoms with Gasteiger partial charge in [0.1, 0.15) is 31.0 Å². The molecule has 0 unspecified atom stereocenters. The number of hydrogen-bond acceptors (Lipinski definition) is 10. The van der Waals surface area contributed by atoms with E-state index < -0.39 is 49.4 Å². The van der Waals surface area contributed by atoms with Gasteiger partial charge in [0.15, 0.2) is 12.4 Å². The molecule has 0 saturated carbocycles. The van der Waals surface area contributed by atoms with Crippen molar-refractivity contribution in [2.24, 2.45) is 0 Å². The monoisotopic (exact) mass is 562 g/mol. The van der Waals surface area contributed by atoms with E-state index in [4.69, 9.17) is 18.9 Å². The number of aliphatic hydroxyl groups excluding tert-OH is 4. The summed E-state index contributed by atoms with van der Waals surface area (Å²) in [6.07, 6.45) is 7.54. The summed E-state index contributed by atoms with van der Waals surface area (Å²) < 4.78 is 21.7. The highest BCUT2D eigenvalue weighted by molar-refractivity contribution is 5.70. The molecule has 6 atom stereocenters. The summed E-state index contributed by atoms with van der Waals surface area (Å²) in [4.78, 5) is 24.7. The smallest absolute Gasteiger partial charge is 0.306 e. The second-order valence-corrected chi connectivity index (χ2v) is 10.6. The van der Waals surface area contributed by atoms with Crippen LogP contribution in [0.1, 0.15) is 117 Å². The number of carbonyl (C=O) groups is 2. The number of esters is 2. The number of aliphatic hydroxyl groups is 4. The Hall–Kier alpha value is -1.30. The first-order chi connectivity index (χ1) is 18.8. The molecule has 0 aromatic heterocycles. The fourth-order valence-electron chi connectivity index (χ4n) is 4.48. The van der Waals surface area contributed by atoms with Gasteiger partial charge in [0.2, 0.25) is 0 Å². The van der Waals surface area contributed by atoms with Gasteiger partial charge >= 0.3 is 11.9 Å². The lowest BCUT2D eigenvalue weighted by Gasteiger charge is -2.39. The van der Waals surface area contributed by atoms with Gasteiger partial charge in [-0.25, -0.2) is 0 Å². The minimum Gasteiger partial charge on any atom is -0.462 e. The fourth-order valence-corrected chi connectivity index (χ4v) is 4.48. The average molecular weight is 563 g/mol. The second kappa shape index (κ2) is 22.4. The van der Waals surface area contributed by atoms with Gasteiger partial charge in [0, 0.05) is 12.8 Å². The number of hydrogen-bond donors (Lipinski definition) is 4. The van der Waals surface area contributed by atoms with E-state index in [0.29, 0.717) is 6.42 Å². The lowest BCUT2D eigenvalue weighted by Crippen LogP contribution is -2.59. The van der Waals surface area contributed by atoms with Crippen molar-refractivity contribution in [2.45, 2.75) is 153 Å². The number of carbonyl (C=O) groups excluding carboxylic acids is 2. The second-order valence-electron chi connectivity index (χ2n) is 10.6. The van der Waals surface area contributed by atoms with E-state index in [0.717, 1.165) is 44.9 Å². The first-order valence-corrected chi connectivity index (χ1v) is 15.1. The Labute approximate surface area is 234 Å². The van der Waals surface area contributed by atoms with Crippen LogP contribution in [0, 0.1) is 0 Å². The standard InChI is InChI=1S/C29H54O10/c1-3-5-7-9-10-11-12-14-15-17-24(31)36-20-22(38-25(32)18-16-13-8-6-4-2)21-37-29-28(35)27(34)26(33)23(19-30)39-29/h22-23,26-30,33-35H,3-21H2,1-2H3/t22-,23-,26+,27+,28-,29-/m1/s1. The molecule has 10 heteroatoms. The lowest BCUT2D eigenvalue weighted by molar-refractivity contribution is -0.305. The zero-order valence-electron chi connectivity index (χ0n) is 24.1. The average Bonchev–Trinajstić information content (AvgIpc) is 2.93. The molecule has 0 radical (unpaired) electrons. The molecule has 0 aliphatic carbocycles. The van der Waals surface area contributed by atoms with Crippen LogP contribution >= 0.6 is 0 Å². The lowest BCUT2D eigenvalue weighted by atomic mass is 9.99. The molecule has 0 spiro atoms. The number of ether oxygens (including phenoxy) is 4. The Kier molecular flexibility index (Phi) is 20.5. The molecule has 4 N–H and O–H groups in total. The van der Waals surface area contributed by atoms with Crippen LogP contribution in [-0.4, -0.2) is 89.0 Å². The summed E-state index contributed by atoms with van der Waals surface area (Å²) in [5.41, 5.74) is 0. The molecule has 0 aromatic rings. The summed E-state index contributed by atoms with van der Waals surface area (Å²) in [6.45, 7) is 3.25. The van der Waals surface area contributed by atoms with E-state index in [9.17, 15) is 30.0 Å². The molecule has 1 aliphatic heterocycles. The first kappa shape index (κ1) is 35.7. The maximum Gasteiger partial charge on any atom is 0.306 e. The SMILES string of the molecule is CCCCCCCCCCCC(=O)OC[C@H](CO[C@@H]1O[C@H](CO)[C@H](O)[C@H](O)[C@H]1O)OC(=O)CCCCCCC. The van der Waals surface area contributed by atoms with Crippen LogP contribution in [0.4, 0.5) is 0 Å². The van der Waals surface area contributed by atoms with Gasteiger partial charge < -0.3 is 39.4 Å². The van der Waals surface area contributed by atoms with Crippen LogP contribution in [-0.2, 0) is 28.5 Å². The van der Waals surface area contributed by atoms with E-state index in [2.05, 4.69) is 13.8 Å². The van der Waals surface area contributed by atoms with Crippen molar-refractivity contribution < 1.29 is 49.0 Å². The Bertz CT molecular complexity index is 629. The molecule has 0 bridgehead atoms. The molecule has 10 nitrogen and oxygen atoms in total. The first-order valence-electron chi connectivity index (χ1n) is 15.1. The molecule has 1 heterocycles. The van der Waals surface area contributed by atoms with Crippen molar-refractivity contribution >= 4 is 11.9 Å². The van der Waals surface area contributed by atoms with Crippen molar-refractivity contribution in [3.8, 4) is 0 Å². The van der Waals surface area contributed by atoms with Gasteiger partial charge in [0.25, 0.3) is 0 Å². The summed E-state index contributed by atoms with van der Waals surface area (Å²) in [6, 6.07) is 0. The van der Waals surface area contributed by atoms with E-state index >= 15 is 0 Å². The molecule has 1 saturated heterocycles. The summed E-state index contributed by atoms with van der Waals surface area (Å²) >= 11 is 0. The van der Waals surface area contributed by atoms with Crippen LogP contribution in [0.3, 0.4) is 0 Å². The van der Waals surface area contributed by atoms with Gasteiger partial charge in [-0.3, -0.25) is 9.59 Å². The normalized spacial score (nSPS) is 23.9. The highest BCUT2D eigenvalue weighted by atomic mass is 16.7. The van der Waals surface area contributed by atoms with Crippen molar-refractivity contribution in [3.63, 3.8) is 0 Å². The van der Waals surface area contributed by atoms with Gasteiger partial charge in [-0.2, -0.15) is 0 Å². The predicted octanol–water partition coefficient (Wildman–Crippen LogP) is 3.54. The topological polar surface area (TPSA) is 152 Å². The van der Waals surface area contributed by atoms with Gasteiger partial charge in [-0.05, 0) is 12.8 Å². The largest absolute Gasteiger partial charge is 0.462 e. The van der Waals surface area contributed by atoms with E-state index in [-0.39, 0.29) is 32.0 Å². The van der Waals surface area contributed by atoms with Crippen LogP contribution in [0.15, 0.2) is 0 Å². The molecule has 1 fully saturated rings. The molecule has 1 aliphatic rings. The Morgan fingerprint density at radius 3 is 1.74 bits per heavy atom. The quantitative estimate of drug-likeness (QED) is 0.107. The maximum atomic E-state index is 12.4. The fraction of sp³-hybridized carbons (Fsp3) is 0.931. The highest BCUT2D eigenvalue weighted by Crippen LogP contribution is 2.22. The molecule has 39 heavy (non-hydrogen) atoms. The van der Waals surface area contributed by atoms with Crippen molar-refractivity contribution in [1.82, 2.24) is 0 Å². The van der Waals surface area contributed by atoms with E-state index in [1.807, 2.05) is 0 Å². The maximum absolute atomic E-state index is 12.4. The third kappa shape index (κ3) is 15.9. The highest BCUT2D eigenvalue weighted by Gasteiger charge is 2.44. The molecular formula is C29H54O10. The number of rotatable bonds is 23. The van der Waals surface area contributed by atoms with Crippen LogP contribution in [0.2, 0.25) is 0 Å². The summed E-state index contributed by atoms with van der Waals surface area (Å²) in [7, 11) is 0.